The summed E-state index contributed by atoms with van der Waals surface area (Å²) >= 11 is 0. The predicted molar refractivity (Wildman–Crippen MR) is 276 cm³/mol. The van der Waals surface area contributed by atoms with E-state index in [1.165, 1.54) is 99.8 Å². The summed E-state index contributed by atoms with van der Waals surface area (Å²) in [5.74, 6) is 0. The molecule has 13 rings (SSSR count). The van der Waals surface area contributed by atoms with E-state index in [2.05, 4.69) is 257 Å². The van der Waals surface area contributed by atoms with E-state index in [1.807, 2.05) is 0 Å². The molecule has 0 fully saturated rings. The van der Waals surface area contributed by atoms with Gasteiger partial charge in [-0.3, -0.25) is 0 Å². The molecule has 3 aliphatic rings. The summed E-state index contributed by atoms with van der Waals surface area (Å²) in [4.78, 5) is 2.50. The number of anilines is 3. The first kappa shape index (κ1) is 38.7. The first-order valence-corrected chi connectivity index (χ1v) is 23.4. The fourth-order valence-corrected chi connectivity index (χ4v) is 12.4. The van der Waals surface area contributed by atoms with Gasteiger partial charge in [0.1, 0.15) is 0 Å². The van der Waals surface area contributed by atoms with Crippen molar-refractivity contribution in [3.63, 3.8) is 0 Å². The molecular formula is C65H49N. The third-order valence-electron chi connectivity index (χ3n) is 15.5. The van der Waals surface area contributed by atoms with E-state index in [9.17, 15) is 0 Å². The fraction of sp³-hybridized carbons (Fsp3) is 0.108. The van der Waals surface area contributed by atoms with Gasteiger partial charge in [-0.2, -0.15) is 0 Å². The van der Waals surface area contributed by atoms with Gasteiger partial charge in [0, 0.05) is 27.9 Å². The molecule has 10 aromatic rings. The van der Waals surface area contributed by atoms with Crippen molar-refractivity contribution in [3.8, 4) is 44.5 Å². The van der Waals surface area contributed by atoms with Crippen molar-refractivity contribution in [2.24, 2.45) is 0 Å². The molecule has 0 bridgehead atoms. The van der Waals surface area contributed by atoms with Crippen LogP contribution < -0.4 is 4.90 Å². The number of rotatable bonds is 6. The normalized spacial score (nSPS) is 15.0. The molecule has 10 aromatic carbocycles. The highest BCUT2D eigenvalue weighted by molar-refractivity contribution is 6.04. The lowest BCUT2D eigenvalue weighted by Gasteiger charge is -2.34. The molecule has 0 radical (unpaired) electrons. The second-order valence-electron chi connectivity index (χ2n) is 19.6. The van der Waals surface area contributed by atoms with Crippen molar-refractivity contribution in [1.82, 2.24) is 0 Å². The third-order valence-corrected chi connectivity index (χ3v) is 15.5. The van der Waals surface area contributed by atoms with Gasteiger partial charge in [0.2, 0.25) is 0 Å². The smallest absolute Gasteiger partial charge is 0.0714 e. The molecule has 1 heteroatoms. The fourth-order valence-electron chi connectivity index (χ4n) is 12.4. The summed E-state index contributed by atoms with van der Waals surface area (Å²) in [6.45, 7) is 9.51. The average Bonchev–Trinajstić information content (AvgIpc) is 3.89. The van der Waals surface area contributed by atoms with Crippen LogP contribution in [-0.4, -0.2) is 0 Å². The maximum Gasteiger partial charge on any atom is 0.0714 e. The summed E-state index contributed by atoms with van der Waals surface area (Å²) in [6, 6.07) is 84.6. The molecule has 314 valence electrons. The van der Waals surface area contributed by atoms with Crippen LogP contribution in [0, 0.1) is 0 Å². The van der Waals surface area contributed by atoms with Gasteiger partial charge in [0.25, 0.3) is 0 Å². The zero-order chi connectivity index (χ0) is 44.4. The molecule has 3 aliphatic carbocycles. The number of hydrogen-bond acceptors (Lipinski definition) is 1. The van der Waals surface area contributed by atoms with Gasteiger partial charge in [-0.15, -0.1) is 0 Å². The van der Waals surface area contributed by atoms with Crippen molar-refractivity contribution in [2.75, 3.05) is 4.90 Å². The summed E-state index contributed by atoms with van der Waals surface area (Å²) in [6.07, 6.45) is 0. The Balaban J connectivity index is 1.02. The minimum atomic E-state index is -0.513. The first-order chi connectivity index (χ1) is 32.2. The molecule has 0 saturated heterocycles. The van der Waals surface area contributed by atoms with Gasteiger partial charge >= 0.3 is 0 Å². The highest BCUT2D eigenvalue weighted by Crippen LogP contribution is 2.59. The van der Waals surface area contributed by atoms with Crippen LogP contribution in [0.15, 0.2) is 224 Å². The Kier molecular flexibility index (Phi) is 8.28. The number of fused-ring (bicyclic) bond motifs is 11. The minimum Gasteiger partial charge on any atom is -0.310 e. The first-order valence-electron chi connectivity index (χ1n) is 23.4. The minimum absolute atomic E-state index is 0.131. The Labute approximate surface area is 388 Å². The van der Waals surface area contributed by atoms with Crippen LogP contribution in [0.1, 0.15) is 72.2 Å². The average molecular weight is 844 g/mol. The van der Waals surface area contributed by atoms with Crippen molar-refractivity contribution >= 4 is 27.8 Å². The van der Waals surface area contributed by atoms with E-state index in [0.29, 0.717) is 0 Å². The van der Waals surface area contributed by atoms with E-state index < -0.39 is 5.41 Å². The molecule has 0 amide bonds. The highest BCUT2D eigenvalue weighted by atomic mass is 15.1. The lowest BCUT2D eigenvalue weighted by Crippen LogP contribution is -2.28. The van der Waals surface area contributed by atoms with Crippen molar-refractivity contribution in [1.29, 1.82) is 0 Å². The Bertz CT molecular complexity index is 3450. The van der Waals surface area contributed by atoms with Crippen LogP contribution in [0.3, 0.4) is 0 Å². The molecule has 0 spiro atoms. The van der Waals surface area contributed by atoms with Crippen LogP contribution >= 0.6 is 0 Å². The zero-order valence-corrected chi connectivity index (χ0v) is 37.8. The summed E-state index contributed by atoms with van der Waals surface area (Å²) in [7, 11) is 0. The van der Waals surface area contributed by atoms with Crippen molar-refractivity contribution < 1.29 is 0 Å². The second-order valence-corrected chi connectivity index (χ2v) is 19.6. The van der Waals surface area contributed by atoms with Gasteiger partial charge in [0.05, 0.1) is 5.41 Å². The van der Waals surface area contributed by atoms with E-state index >= 15 is 0 Å². The highest BCUT2D eigenvalue weighted by Gasteiger charge is 2.47. The second kappa shape index (κ2) is 14.1. The van der Waals surface area contributed by atoms with Gasteiger partial charge in [-0.25, -0.2) is 0 Å². The molecule has 0 aliphatic heterocycles. The molecule has 66 heavy (non-hydrogen) atoms. The maximum absolute atomic E-state index is 2.50. The van der Waals surface area contributed by atoms with Crippen LogP contribution in [0.5, 0.6) is 0 Å². The van der Waals surface area contributed by atoms with E-state index in [0.717, 1.165) is 17.1 Å². The summed E-state index contributed by atoms with van der Waals surface area (Å²) in [5, 5.41) is 2.55. The van der Waals surface area contributed by atoms with Gasteiger partial charge in [0.15, 0.2) is 0 Å². The SMILES string of the molecule is CC1(C)c2ccccc2-c2ccc(N(c3cccc(-c4ccc5c(c4)C(c4ccccc4)(c4ccccc4)c4ccc6ccccc6c4-5)c3)c3ccc4c(c3)C(C)(C)c3ccccc3-4)cc21. The largest absolute Gasteiger partial charge is 0.310 e. The van der Waals surface area contributed by atoms with Gasteiger partial charge < -0.3 is 4.90 Å². The van der Waals surface area contributed by atoms with Gasteiger partial charge in [-0.05, 0) is 142 Å². The molecule has 0 aromatic heterocycles. The Morgan fingerprint density at radius 3 is 1.42 bits per heavy atom. The topological polar surface area (TPSA) is 3.24 Å². The van der Waals surface area contributed by atoms with Gasteiger partial charge in [-0.1, -0.05) is 210 Å². The number of hydrogen-bond donors (Lipinski definition) is 0. The zero-order valence-electron chi connectivity index (χ0n) is 37.8. The van der Waals surface area contributed by atoms with Crippen LogP contribution in [0.2, 0.25) is 0 Å². The quantitative estimate of drug-likeness (QED) is 0.161. The van der Waals surface area contributed by atoms with Crippen LogP contribution in [-0.2, 0) is 16.2 Å². The summed E-state index contributed by atoms with van der Waals surface area (Å²) in [5.41, 5.74) is 23.7. The van der Waals surface area contributed by atoms with Crippen molar-refractivity contribution in [3.05, 3.63) is 269 Å². The molecule has 0 saturated carbocycles. The monoisotopic (exact) mass is 843 g/mol. The third kappa shape index (κ3) is 5.35. The summed E-state index contributed by atoms with van der Waals surface area (Å²) < 4.78 is 0. The number of benzene rings is 10. The maximum atomic E-state index is 2.50. The lowest BCUT2D eigenvalue weighted by atomic mass is 9.67. The molecule has 0 heterocycles. The van der Waals surface area contributed by atoms with E-state index in [-0.39, 0.29) is 10.8 Å². The Morgan fingerprint density at radius 1 is 0.303 bits per heavy atom. The Hall–Kier alpha value is -7.74. The molecular weight excluding hydrogens is 795 g/mol. The lowest BCUT2D eigenvalue weighted by molar-refractivity contribution is 0.660. The molecule has 0 N–H and O–H groups in total. The molecule has 0 unspecified atom stereocenters. The van der Waals surface area contributed by atoms with Crippen molar-refractivity contribution in [2.45, 2.75) is 43.9 Å². The van der Waals surface area contributed by atoms with Crippen LogP contribution in [0.4, 0.5) is 17.1 Å². The predicted octanol–water partition coefficient (Wildman–Crippen LogP) is 17.0. The van der Waals surface area contributed by atoms with E-state index in [1.54, 1.807) is 0 Å². The molecule has 1 nitrogen and oxygen atoms in total. The van der Waals surface area contributed by atoms with E-state index in [4.69, 9.17) is 0 Å². The Morgan fingerprint density at radius 2 is 0.803 bits per heavy atom. The standard InChI is InChI=1S/C65H49N/c1-63(2)56-28-15-13-26-51(56)53-35-32-48(40-59(53)63)66(49-33-36-54-52-27-14-16-29-57(52)64(3,4)60(54)41-49)47-24-17-19-43(38-47)44-30-34-55-61(39-44)65(45-20-7-5-8-21-45,46-22-9-6-10-23-46)58-37-31-42-18-11-12-25-50(42)62(55)58/h5-41H,1-4H3. The molecule has 0 atom stereocenters. The van der Waals surface area contributed by atoms with Crippen LogP contribution in [0.25, 0.3) is 55.3 Å². The number of nitrogens with zero attached hydrogens (tertiary/aromatic N) is 1.